The van der Waals surface area contributed by atoms with Crippen molar-refractivity contribution in [1.82, 2.24) is 15.1 Å². The first-order valence-electron chi connectivity index (χ1n) is 4.92. The van der Waals surface area contributed by atoms with Crippen molar-refractivity contribution in [2.75, 3.05) is 20.7 Å². The van der Waals surface area contributed by atoms with E-state index in [1.54, 1.807) is 19.3 Å². The molecule has 88 valence electrons. The van der Waals surface area contributed by atoms with E-state index in [4.69, 9.17) is 0 Å². The van der Waals surface area contributed by atoms with E-state index in [9.17, 15) is 9.59 Å². The lowest BCUT2D eigenvalue weighted by Crippen LogP contribution is -2.30. The van der Waals surface area contributed by atoms with Gasteiger partial charge in [0.25, 0.3) is 0 Å². The van der Waals surface area contributed by atoms with Crippen LogP contribution in [0.2, 0.25) is 0 Å². The summed E-state index contributed by atoms with van der Waals surface area (Å²) in [5.74, 6) is -0.380. The fourth-order valence-corrected chi connectivity index (χ4v) is 1.17. The Labute approximate surface area is 93.6 Å². The summed E-state index contributed by atoms with van der Waals surface area (Å²) in [7, 11) is 2.98. The predicted octanol–water partition coefficient (Wildman–Crippen LogP) is -0.0263. The van der Waals surface area contributed by atoms with Crippen LogP contribution in [0.15, 0.2) is 12.3 Å². The van der Waals surface area contributed by atoms with Crippen LogP contribution < -0.4 is 0 Å². The number of hydrogen-bond acceptors (Lipinski definition) is 4. The number of methoxy groups -OCH3 is 1. The number of aromatic nitrogens is 2. The number of H-pyrrole nitrogens is 1. The van der Waals surface area contributed by atoms with Crippen LogP contribution in [-0.4, -0.2) is 47.7 Å². The molecule has 1 heterocycles. The molecule has 0 fully saturated rings. The van der Waals surface area contributed by atoms with E-state index in [1.165, 1.54) is 12.0 Å². The summed E-state index contributed by atoms with van der Waals surface area (Å²) in [6.07, 6.45) is 2.07. The number of nitrogens with zero attached hydrogens (tertiary/aromatic N) is 2. The van der Waals surface area contributed by atoms with Crippen molar-refractivity contribution in [2.45, 2.75) is 12.8 Å². The largest absolute Gasteiger partial charge is 0.469 e. The molecule has 0 atom stereocenters. The maximum Gasteiger partial charge on any atom is 0.307 e. The Balaban J connectivity index is 2.33. The number of rotatable bonds is 5. The van der Waals surface area contributed by atoms with E-state index in [0.29, 0.717) is 6.54 Å². The molecule has 0 saturated carbocycles. The summed E-state index contributed by atoms with van der Waals surface area (Å²) in [6.45, 7) is 0.361. The summed E-state index contributed by atoms with van der Waals surface area (Å²) in [4.78, 5) is 24.0. The molecular weight excluding hydrogens is 210 g/mol. The molecule has 0 aliphatic heterocycles. The number of hydrogen-bond donors (Lipinski definition) is 1. The van der Waals surface area contributed by atoms with Gasteiger partial charge in [-0.2, -0.15) is 5.10 Å². The first-order valence-corrected chi connectivity index (χ1v) is 4.92. The Hall–Kier alpha value is -1.85. The molecule has 6 nitrogen and oxygen atoms in total. The summed E-state index contributed by atoms with van der Waals surface area (Å²) < 4.78 is 4.49. The SMILES string of the molecule is COC(=O)CCN(C)C(=O)Cc1ccn[nH]1. The van der Waals surface area contributed by atoms with Crippen LogP contribution in [-0.2, 0) is 20.7 Å². The Morgan fingerprint density at radius 2 is 2.31 bits per heavy atom. The van der Waals surface area contributed by atoms with Crippen LogP contribution in [0.3, 0.4) is 0 Å². The van der Waals surface area contributed by atoms with Crippen molar-refractivity contribution < 1.29 is 14.3 Å². The van der Waals surface area contributed by atoms with Crippen molar-refractivity contribution in [3.8, 4) is 0 Å². The smallest absolute Gasteiger partial charge is 0.307 e. The highest BCUT2D eigenvalue weighted by Crippen LogP contribution is 1.98. The lowest BCUT2D eigenvalue weighted by Gasteiger charge is -2.15. The van der Waals surface area contributed by atoms with Crippen molar-refractivity contribution in [2.24, 2.45) is 0 Å². The Morgan fingerprint density at radius 3 is 2.88 bits per heavy atom. The van der Waals surface area contributed by atoms with Gasteiger partial charge < -0.3 is 9.64 Å². The maximum absolute atomic E-state index is 11.6. The van der Waals surface area contributed by atoms with Crippen LogP contribution in [0.5, 0.6) is 0 Å². The fraction of sp³-hybridized carbons (Fsp3) is 0.500. The van der Waals surface area contributed by atoms with E-state index in [1.807, 2.05) is 0 Å². The molecule has 0 saturated heterocycles. The third kappa shape index (κ3) is 3.72. The highest BCUT2D eigenvalue weighted by Gasteiger charge is 2.11. The van der Waals surface area contributed by atoms with Gasteiger partial charge in [0.05, 0.1) is 20.0 Å². The zero-order valence-corrected chi connectivity index (χ0v) is 9.40. The normalized spacial score (nSPS) is 9.88. The Morgan fingerprint density at radius 1 is 1.56 bits per heavy atom. The number of likely N-dealkylation sites (N-methyl/N-ethyl adjacent to an activating group) is 1. The Bertz CT molecular complexity index is 348. The molecule has 16 heavy (non-hydrogen) atoms. The molecule has 0 spiro atoms. The minimum absolute atomic E-state index is 0.0619. The van der Waals surface area contributed by atoms with Gasteiger partial charge in [-0.1, -0.05) is 0 Å². The van der Waals surface area contributed by atoms with Crippen LogP contribution in [0, 0.1) is 0 Å². The van der Waals surface area contributed by atoms with E-state index >= 15 is 0 Å². The molecule has 1 N–H and O–H groups in total. The third-order valence-corrected chi connectivity index (χ3v) is 2.20. The van der Waals surface area contributed by atoms with E-state index in [0.717, 1.165) is 5.69 Å². The quantitative estimate of drug-likeness (QED) is 0.714. The summed E-state index contributed by atoms with van der Waals surface area (Å²) >= 11 is 0. The molecule has 0 aliphatic rings. The van der Waals surface area contributed by atoms with Crippen LogP contribution in [0.4, 0.5) is 0 Å². The van der Waals surface area contributed by atoms with Gasteiger partial charge in [-0.25, -0.2) is 0 Å². The second-order valence-electron chi connectivity index (χ2n) is 3.40. The predicted molar refractivity (Wildman–Crippen MR) is 56.6 cm³/mol. The van der Waals surface area contributed by atoms with Crippen LogP contribution in [0.1, 0.15) is 12.1 Å². The van der Waals surface area contributed by atoms with E-state index in [2.05, 4.69) is 14.9 Å². The highest BCUT2D eigenvalue weighted by molar-refractivity contribution is 5.78. The van der Waals surface area contributed by atoms with Crippen molar-refractivity contribution in [1.29, 1.82) is 0 Å². The van der Waals surface area contributed by atoms with E-state index < -0.39 is 0 Å². The third-order valence-electron chi connectivity index (χ3n) is 2.20. The van der Waals surface area contributed by atoms with Gasteiger partial charge in [0, 0.05) is 25.5 Å². The second-order valence-corrected chi connectivity index (χ2v) is 3.40. The van der Waals surface area contributed by atoms with Crippen molar-refractivity contribution in [3.05, 3.63) is 18.0 Å². The molecule has 6 heteroatoms. The van der Waals surface area contributed by atoms with Gasteiger partial charge in [0.15, 0.2) is 0 Å². The molecular formula is C10H15N3O3. The minimum Gasteiger partial charge on any atom is -0.469 e. The van der Waals surface area contributed by atoms with Crippen LogP contribution >= 0.6 is 0 Å². The molecule has 1 amide bonds. The number of carbonyl (C=O) groups is 2. The molecule has 0 aromatic carbocycles. The molecule has 1 aromatic heterocycles. The number of carbonyl (C=O) groups excluding carboxylic acids is 2. The monoisotopic (exact) mass is 225 g/mol. The average Bonchev–Trinajstić information content (AvgIpc) is 2.77. The van der Waals surface area contributed by atoms with Gasteiger partial charge in [-0.05, 0) is 6.07 Å². The van der Waals surface area contributed by atoms with Gasteiger partial charge >= 0.3 is 5.97 Å². The summed E-state index contributed by atoms with van der Waals surface area (Å²) in [5, 5.41) is 6.46. The summed E-state index contributed by atoms with van der Waals surface area (Å²) in [5.41, 5.74) is 0.759. The van der Waals surface area contributed by atoms with Crippen molar-refractivity contribution >= 4 is 11.9 Å². The summed E-state index contributed by atoms with van der Waals surface area (Å²) in [6, 6.07) is 1.74. The lowest BCUT2D eigenvalue weighted by molar-refractivity contribution is -0.141. The fourth-order valence-electron chi connectivity index (χ4n) is 1.17. The molecule has 0 unspecified atom stereocenters. The molecule has 1 aromatic rings. The first kappa shape index (κ1) is 12.2. The Kier molecular flexibility index (Phi) is 4.50. The van der Waals surface area contributed by atoms with Gasteiger partial charge in [0.1, 0.15) is 0 Å². The lowest BCUT2D eigenvalue weighted by atomic mass is 10.3. The van der Waals surface area contributed by atoms with Crippen LogP contribution in [0.25, 0.3) is 0 Å². The van der Waals surface area contributed by atoms with Gasteiger partial charge in [-0.3, -0.25) is 14.7 Å². The number of amides is 1. The first-order chi connectivity index (χ1) is 7.63. The van der Waals surface area contributed by atoms with E-state index in [-0.39, 0.29) is 24.7 Å². The standard InChI is InChI=1S/C10H15N3O3/c1-13(6-4-10(15)16-2)9(14)7-8-3-5-11-12-8/h3,5H,4,6-7H2,1-2H3,(H,11,12). The second kappa shape index (κ2) is 5.89. The minimum atomic E-state index is -0.318. The molecule has 0 aliphatic carbocycles. The number of esters is 1. The zero-order valence-electron chi connectivity index (χ0n) is 9.40. The molecule has 0 radical (unpaired) electrons. The number of ether oxygens (including phenoxy) is 1. The average molecular weight is 225 g/mol. The topological polar surface area (TPSA) is 75.3 Å². The highest BCUT2D eigenvalue weighted by atomic mass is 16.5. The zero-order chi connectivity index (χ0) is 12.0. The molecule has 1 rings (SSSR count). The maximum atomic E-state index is 11.6. The van der Waals surface area contributed by atoms with Crippen molar-refractivity contribution in [3.63, 3.8) is 0 Å². The van der Waals surface area contributed by atoms with Gasteiger partial charge in [-0.15, -0.1) is 0 Å². The molecule has 0 bridgehead atoms. The number of nitrogens with one attached hydrogen (secondary N) is 1. The van der Waals surface area contributed by atoms with Gasteiger partial charge in [0.2, 0.25) is 5.91 Å². The number of aromatic amines is 1.